The lowest BCUT2D eigenvalue weighted by Crippen LogP contribution is -2.14. The Morgan fingerprint density at radius 1 is 1.10 bits per heavy atom. The number of hydrogen-bond donors (Lipinski definition) is 1. The van der Waals surface area contributed by atoms with Crippen LogP contribution in [0.3, 0.4) is 0 Å². The van der Waals surface area contributed by atoms with Gasteiger partial charge in [-0.15, -0.1) is 0 Å². The van der Waals surface area contributed by atoms with Crippen LogP contribution in [0.1, 0.15) is 36.7 Å². The van der Waals surface area contributed by atoms with E-state index in [0.717, 1.165) is 11.3 Å². The van der Waals surface area contributed by atoms with Crippen LogP contribution in [0.15, 0.2) is 67.1 Å². The average molecular weight is 400 g/mol. The van der Waals surface area contributed by atoms with E-state index in [1.807, 2.05) is 65.3 Å². The van der Waals surface area contributed by atoms with Crippen molar-refractivity contribution >= 4 is 17.4 Å². The minimum atomic E-state index is -0.192. The molecule has 0 aliphatic carbocycles. The summed E-state index contributed by atoms with van der Waals surface area (Å²) >= 11 is 0. The maximum Gasteiger partial charge on any atom is 0.255 e. The number of imidazole rings is 1. The largest absolute Gasteiger partial charge is 0.495 e. The Kier molecular flexibility index (Phi) is 4.99. The van der Waals surface area contributed by atoms with E-state index in [9.17, 15) is 4.79 Å². The van der Waals surface area contributed by atoms with E-state index in [2.05, 4.69) is 36.1 Å². The number of aromatic nitrogens is 3. The summed E-state index contributed by atoms with van der Waals surface area (Å²) in [4.78, 5) is 21.6. The molecule has 6 heteroatoms. The van der Waals surface area contributed by atoms with Crippen molar-refractivity contribution in [3.8, 4) is 17.0 Å². The van der Waals surface area contributed by atoms with Crippen molar-refractivity contribution in [2.24, 2.45) is 0 Å². The van der Waals surface area contributed by atoms with Crippen LogP contribution < -0.4 is 10.1 Å². The van der Waals surface area contributed by atoms with Crippen LogP contribution in [-0.4, -0.2) is 27.4 Å². The van der Waals surface area contributed by atoms with Crippen LogP contribution in [0.2, 0.25) is 0 Å². The number of nitrogens with one attached hydrogen (secondary N) is 1. The molecule has 0 spiro atoms. The van der Waals surface area contributed by atoms with Gasteiger partial charge in [-0.1, -0.05) is 32.9 Å². The zero-order chi connectivity index (χ0) is 21.3. The molecule has 30 heavy (non-hydrogen) atoms. The van der Waals surface area contributed by atoms with Gasteiger partial charge in [-0.25, -0.2) is 9.97 Å². The molecule has 2 aromatic heterocycles. The zero-order valence-electron chi connectivity index (χ0n) is 17.5. The molecule has 0 unspecified atom stereocenters. The Balaban J connectivity index is 1.63. The normalized spacial score (nSPS) is 11.5. The lowest BCUT2D eigenvalue weighted by molar-refractivity contribution is 0.102. The number of amides is 1. The highest BCUT2D eigenvalue weighted by atomic mass is 16.5. The molecule has 0 saturated carbocycles. The van der Waals surface area contributed by atoms with Crippen molar-refractivity contribution in [2.75, 3.05) is 12.4 Å². The third-order valence-electron chi connectivity index (χ3n) is 4.99. The lowest BCUT2D eigenvalue weighted by Gasteiger charge is -2.19. The molecule has 1 N–H and O–H groups in total. The Morgan fingerprint density at radius 2 is 1.87 bits per heavy atom. The Bertz CT molecular complexity index is 1170. The molecule has 2 aromatic carbocycles. The van der Waals surface area contributed by atoms with Crippen LogP contribution in [0.4, 0.5) is 5.69 Å². The number of anilines is 1. The van der Waals surface area contributed by atoms with E-state index in [0.29, 0.717) is 22.8 Å². The molecule has 152 valence electrons. The molecule has 1 amide bonds. The fourth-order valence-electron chi connectivity index (χ4n) is 3.25. The SMILES string of the molecule is COc1ccc(-c2cn3cccnc3n2)cc1NC(=O)c1ccc(C(C)(C)C)cc1. The first kappa shape index (κ1) is 19.6. The van der Waals surface area contributed by atoms with Gasteiger partial charge in [0.1, 0.15) is 5.75 Å². The molecule has 0 saturated heterocycles. The molecule has 0 aliphatic heterocycles. The van der Waals surface area contributed by atoms with Gasteiger partial charge in [0.15, 0.2) is 0 Å². The van der Waals surface area contributed by atoms with Gasteiger partial charge in [-0.05, 0) is 47.4 Å². The van der Waals surface area contributed by atoms with Crippen molar-refractivity contribution in [3.63, 3.8) is 0 Å². The first-order valence-electron chi connectivity index (χ1n) is 9.75. The number of ether oxygens (including phenoxy) is 1. The van der Waals surface area contributed by atoms with Crippen LogP contribution in [0, 0.1) is 0 Å². The zero-order valence-corrected chi connectivity index (χ0v) is 17.5. The summed E-state index contributed by atoms with van der Waals surface area (Å²) in [6.45, 7) is 6.44. The fourth-order valence-corrected chi connectivity index (χ4v) is 3.25. The minimum Gasteiger partial charge on any atom is -0.495 e. The summed E-state index contributed by atoms with van der Waals surface area (Å²) in [6, 6.07) is 15.1. The summed E-state index contributed by atoms with van der Waals surface area (Å²) in [5.41, 5.74) is 4.02. The van der Waals surface area contributed by atoms with E-state index in [1.54, 1.807) is 13.3 Å². The Hall–Kier alpha value is -3.67. The minimum absolute atomic E-state index is 0.0372. The summed E-state index contributed by atoms with van der Waals surface area (Å²) < 4.78 is 7.30. The molecule has 0 fully saturated rings. The predicted molar refractivity (Wildman–Crippen MR) is 118 cm³/mol. The summed E-state index contributed by atoms with van der Waals surface area (Å²) in [7, 11) is 1.58. The molecular formula is C24H24N4O2. The van der Waals surface area contributed by atoms with Gasteiger partial charge in [0.25, 0.3) is 5.91 Å². The van der Waals surface area contributed by atoms with E-state index in [1.165, 1.54) is 5.56 Å². The van der Waals surface area contributed by atoms with Gasteiger partial charge in [-0.3, -0.25) is 9.20 Å². The Labute approximate surface area is 175 Å². The number of benzene rings is 2. The second-order valence-corrected chi connectivity index (χ2v) is 8.15. The number of methoxy groups -OCH3 is 1. The van der Waals surface area contributed by atoms with Gasteiger partial charge in [-0.2, -0.15) is 0 Å². The Morgan fingerprint density at radius 3 is 2.53 bits per heavy atom. The van der Waals surface area contributed by atoms with Gasteiger partial charge in [0.2, 0.25) is 5.78 Å². The topological polar surface area (TPSA) is 68.5 Å². The molecule has 2 heterocycles. The van der Waals surface area contributed by atoms with Gasteiger partial charge < -0.3 is 10.1 Å². The molecular weight excluding hydrogens is 376 g/mol. The number of hydrogen-bond acceptors (Lipinski definition) is 4. The van der Waals surface area contributed by atoms with Crippen LogP contribution in [0.25, 0.3) is 17.0 Å². The summed E-state index contributed by atoms with van der Waals surface area (Å²) in [5, 5.41) is 2.97. The second kappa shape index (κ2) is 7.63. The smallest absolute Gasteiger partial charge is 0.255 e. The van der Waals surface area contributed by atoms with Crippen LogP contribution in [0.5, 0.6) is 5.75 Å². The number of rotatable bonds is 4. The van der Waals surface area contributed by atoms with Crippen LogP contribution >= 0.6 is 0 Å². The highest BCUT2D eigenvalue weighted by molar-refractivity contribution is 6.05. The average Bonchev–Trinajstić information content (AvgIpc) is 3.17. The van der Waals surface area contributed by atoms with Crippen LogP contribution in [-0.2, 0) is 5.41 Å². The standard InChI is InChI=1S/C24H24N4O2/c1-24(2,3)18-9-6-16(7-10-18)22(29)26-19-14-17(8-11-21(19)30-4)20-15-28-13-5-12-25-23(28)27-20/h5-15H,1-4H3,(H,26,29). The maximum atomic E-state index is 12.8. The second-order valence-electron chi connectivity index (χ2n) is 8.15. The van der Waals surface area contributed by atoms with Crippen molar-refractivity contribution in [3.05, 3.63) is 78.2 Å². The first-order valence-corrected chi connectivity index (χ1v) is 9.75. The summed E-state index contributed by atoms with van der Waals surface area (Å²) in [6.07, 6.45) is 5.50. The third kappa shape index (κ3) is 3.89. The van der Waals surface area contributed by atoms with Gasteiger partial charge >= 0.3 is 0 Å². The molecule has 4 aromatic rings. The van der Waals surface area contributed by atoms with E-state index in [-0.39, 0.29) is 11.3 Å². The molecule has 0 bridgehead atoms. The number of nitrogens with zero attached hydrogens (tertiary/aromatic N) is 3. The quantitative estimate of drug-likeness (QED) is 0.526. The number of carbonyl (C=O) groups excluding carboxylic acids is 1. The lowest BCUT2D eigenvalue weighted by atomic mass is 9.87. The van der Waals surface area contributed by atoms with E-state index < -0.39 is 0 Å². The highest BCUT2D eigenvalue weighted by Crippen LogP contribution is 2.31. The number of fused-ring (bicyclic) bond motifs is 1. The predicted octanol–water partition coefficient (Wildman–Crippen LogP) is 4.95. The first-order chi connectivity index (χ1) is 14.3. The van der Waals surface area contributed by atoms with Crippen molar-refractivity contribution in [2.45, 2.75) is 26.2 Å². The molecule has 0 radical (unpaired) electrons. The van der Waals surface area contributed by atoms with Crippen molar-refractivity contribution < 1.29 is 9.53 Å². The number of carbonyl (C=O) groups is 1. The van der Waals surface area contributed by atoms with Crippen molar-refractivity contribution in [1.29, 1.82) is 0 Å². The van der Waals surface area contributed by atoms with Crippen molar-refractivity contribution in [1.82, 2.24) is 14.4 Å². The van der Waals surface area contributed by atoms with E-state index >= 15 is 0 Å². The van der Waals surface area contributed by atoms with Gasteiger partial charge in [0.05, 0.1) is 18.5 Å². The molecule has 0 aliphatic rings. The fraction of sp³-hybridized carbons (Fsp3) is 0.208. The monoisotopic (exact) mass is 400 g/mol. The van der Waals surface area contributed by atoms with E-state index in [4.69, 9.17) is 4.74 Å². The molecule has 4 rings (SSSR count). The maximum absolute atomic E-state index is 12.8. The third-order valence-corrected chi connectivity index (χ3v) is 4.99. The summed E-state index contributed by atoms with van der Waals surface area (Å²) in [5.74, 6) is 1.01. The highest BCUT2D eigenvalue weighted by Gasteiger charge is 2.16. The molecule has 0 atom stereocenters. The van der Waals surface area contributed by atoms with Gasteiger partial charge in [0, 0.05) is 29.7 Å². The molecule has 6 nitrogen and oxygen atoms in total.